The van der Waals surface area contributed by atoms with E-state index in [1.807, 2.05) is 41.1 Å². The highest BCUT2D eigenvalue weighted by atomic mass is 16.6. The Kier molecular flexibility index (Phi) is 6.13. The molecule has 0 radical (unpaired) electrons. The van der Waals surface area contributed by atoms with Crippen LogP contribution < -0.4 is 0 Å². The predicted octanol–water partition coefficient (Wildman–Crippen LogP) is 1.41. The lowest BCUT2D eigenvalue weighted by Crippen LogP contribution is -2.13. The molecule has 22 heavy (non-hydrogen) atoms. The van der Waals surface area contributed by atoms with Crippen molar-refractivity contribution in [2.45, 2.75) is 6.54 Å². The summed E-state index contributed by atoms with van der Waals surface area (Å²) in [5, 5.41) is 12.6. The summed E-state index contributed by atoms with van der Waals surface area (Å²) in [5.41, 5.74) is 1.69. The lowest BCUT2D eigenvalue weighted by Gasteiger charge is -2.08. The van der Waals surface area contributed by atoms with Gasteiger partial charge < -0.3 is 19.2 Å². The summed E-state index contributed by atoms with van der Waals surface area (Å²) in [5.74, 6) is -1.01. The quantitative estimate of drug-likeness (QED) is 0.430. The number of hydrogen-bond acceptors (Lipinski definition) is 5. The second-order valence-electron chi connectivity index (χ2n) is 4.42. The van der Waals surface area contributed by atoms with Crippen molar-refractivity contribution in [3.8, 4) is 0 Å². The smallest absolute Gasteiger partial charge is 0.329 e. The molecule has 0 atom stereocenters. The molecule has 7 heteroatoms. The van der Waals surface area contributed by atoms with Gasteiger partial charge in [-0.3, -0.25) is 0 Å². The third-order valence-corrected chi connectivity index (χ3v) is 2.72. The van der Waals surface area contributed by atoms with Gasteiger partial charge in [-0.1, -0.05) is 35.5 Å². The maximum absolute atomic E-state index is 10.3. The summed E-state index contributed by atoms with van der Waals surface area (Å²) in [6.07, 6.45) is 5.24. The van der Waals surface area contributed by atoms with E-state index in [0.29, 0.717) is 6.54 Å². The molecule has 0 fully saturated rings. The molecule has 0 spiro atoms. The Morgan fingerprint density at radius 2 is 2.09 bits per heavy atom. The second-order valence-corrected chi connectivity index (χ2v) is 4.42. The SMILES string of the molecule is O=C(O)COCCON=C(Cn1ccnc1)c1ccccc1. The number of carbonyl (C=O) groups is 1. The van der Waals surface area contributed by atoms with Gasteiger partial charge in [-0.15, -0.1) is 0 Å². The van der Waals surface area contributed by atoms with Gasteiger partial charge in [0.2, 0.25) is 0 Å². The van der Waals surface area contributed by atoms with Gasteiger partial charge >= 0.3 is 5.97 Å². The van der Waals surface area contributed by atoms with Gasteiger partial charge in [-0.05, 0) is 0 Å². The number of ether oxygens (including phenoxy) is 1. The molecule has 1 N–H and O–H groups in total. The molecule has 116 valence electrons. The van der Waals surface area contributed by atoms with Crippen LogP contribution in [0.4, 0.5) is 0 Å². The Morgan fingerprint density at radius 1 is 1.27 bits per heavy atom. The minimum atomic E-state index is -1.01. The van der Waals surface area contributed by atoms with E-state index in [1.165, 1.54) is 0 Å². The number of benzene rings is 1. The number of aromatic nitrogens is 2. The second kappa shape index (κ2) is 8.58. The summed E-state index contributed by atoms with van der Waals surface area (Å²) in [6, 6.07) is 9.67. The van der Waals surface area contributed by atoms with Gasteiger partial charge in [0, 0.05) is 18.0 Å². The van der Waals surface area contributed by atoms with E-state index in [0.717, 1.165) is 11.3 Å². The highest BCUT2D eigenvalue weighted by molar-refractivity contribution is 6.00. The molecule has 0 aliphatic rings. The van der Waals surface area contributed by atoms with Gasteiger partial charge in [-0.2, -0.15) is 0 Å². The maximum atomic E-state index is 10.3. The summed E-state index contributed by atoms with van der Waals surface area (Å²) in [6.45, 7) is 0.546. The average molecular weight is 303 g/mol. The molecule has 0 bridgehead atoms. The number of hydrogen-bond donors (Lipinski definition) is 1. The first-order valence-electron chi connectivity index (χ1n) is 6.75. The third-order valence-electron chi connectivity index (χ3n) is 2.72. The topological polar surface area (TPSA) is 85.9 Å². The molecule has 1 aromatic carbocycles. The lowest BCUT2D eigenvalue weighted by molar-refractivity contribution is -0.142. The number of aliphatic carboxylic acids is 1. The van der Waals surface area contributed by atoms with Crippen LogP contribution in [0.3, 0.4) is 0 Å². The van der Waals surface area contributed by atoms with Crippen molar-refractivity contribution >= 4 is 11.7 Å². The molecule has 2 rings (SSSR count). The minimum Gasteiger partial charge on any atom is -0.480 e. The average Bonchev–Trinajstić information content (AvgIpc) is 3.03. The summed E-state index contributed by atoms with van der Waals surface area (Å²) in [7, 11) is 0. The molecular formula is C15H17N3O4. The number of carboxylic acid groups (broad SMARTS) is 1. The van der Waals surface area contributed by atoms with Crippen molar-refractivity contribution in [1.29, 1.82) is 0 Å². The molecular weight excluding hydrogens is 286 g/mol. The van der Waals surface area contributed by atoms with Crippen molar-refractivity contribution in [3.05, 3.63) is 54.6 Å². The first kappa shape index (κ1) is 15.7. The predicted molar refractivity (Wildman–Crippen MR) is 79.6 cm³/mol. The third kappa shape index (κ3) is 5.37. The van der Waals surface area contributed by atoms with Crippen LogP contribution in [0.25, 0.3) is 0 Å². The van der Waals surface area contributed by atoms with Crippen molar-refractivity contribution < 1.29 is 19.5 Å². The largest absolute Gasteiger partial charge is 0.480 e. The first-order valence-corrected chi connectivity index (χ1v) is 6.75. The number of oxime groups is 1. The molecule has 7 nitrogen and oxygen atoms in total. The fourth-order valence-electron chi connectivity index (χ4n) is 1.74. The van der Waals surface area contributed by atoms with Gasteiger partial charge in [0.15, 0.2) is 0 Å². The zero-order chi connectivity index (χ0) is 15.6. The Balaban J connectivity index is 1.92. The number of nitrogens with zero attached hydrogens (tertiary/aromatic N) is 3. The van der Waals surface area contributed by atoms with Crippen LogP contribution in [-0.2, 0) is 20.9 Å². The molecule has 1 aromatic heterocycles. The minimum absolute atomic E-state index is 0.170. The number of carboxylic acids is 1. The molecule has 1 heterocycles. The Morgan fingerprint density at radius 3 is 2.77 bits per heavy atom. The van der Waals surface area contributed by atoms with Crippen LogP contribution in [0.15, 0.2) is 54.2 Å². The normalized spacial score (nSPS) is 11.4. The van der Waals surface area contributed by atoms with E-state index in [-0.39, 0.29) is 19.8 Å². The van der Waals surface area contributed by atoms with Gasteiger partial charge in [0.25, 0.3) is 0 Å². The van der Waals surface area contributed by atoms with E-state index in [4.69, 9.17) is 14.7 Å². The van der Waals surface area contributed by atoms with Crippen LogP contribution in [0.1, 0.15) is 5.56 Å². The molecule has 0 unspecified atom stereocenters. The molecule has 0 aliphatic heterocycles. The highest BCUT2D eigenvalue weighted by Crippen LogP contribution is 2.04. The Bertz CT molecular complexity index is 597. The van der Waals surface area contributed by atoms with E-state index >= 15 is 0 Å². The van der Waals surface area contributed by atoms with Crippen LogP contribution >= 0.6 is 0 Å². The van der Waals surface area contributed by atoms with Crippen molar-refractivity contribution in [1.82, 2.24) is 9.55 Å². The fourth-order valence-corrected chi connectivity index (χ4v) is 1.74. The van der Waals surface area contributed by atoms with Crippen molar-refractivity contribution in [2.24, 2.45) is 5.16 Å². The number of rotatable bonds is 9. The molecule has 2 aromatic rings. The molecule has 0 aliphatic carbocycles. The van der Waals surface area contributed by atoms with E-state index in [1.54, 1.807) is 12.5 Å². The summed E-state index contributed by atoms with van der Waals surface area (Å²) in [4.78, 5) is 19.5. The van der Waals surface area contributed by atoms with Crippen molar-refractivity contribution in [2.75, 3.05) is 19.8 Å². The van der Waals surface area contributed by atoms with Crippen LogP contribution in [-0.4, -0.2) is 46.2 Å². The van der Waals surface area contributed by atoms with E-state index in [2.05, 4.69) is 10.1 Å². The van der Waals surface area contributed by atoms with Crippen LogP contribution in [0.5, 0.6) is 0 Å². The standard InChI is InChI=1S/C15H17N3O4/c19-15(20)11-21-8-9-22-17-14(10-18-7-6-16-12-18)13-4-2-1-3-5-13/h1-7,12H,8-11H2,(H,19,20). The molecule has 0 saturated carbocycles. The fraction of sp³-hybridized carbons (Fsp3) is 0.267. The lowest BCUT2D eigenvalue weighted by atomic mass is 10.1. The van der Waals surface area contributed by atoms with Crippen molar-refractivity contribution in [3.63, 3.8) is 0 Å². The zero-order valence-electron chi connectivity index (χ0n) is 12.0. The zero-order valence-corrected chi connectivity index (χ0v) is 12.0. The maximum Gasteiger partial charge on any atom is 0.329 e. The van der Waals surface area contributed by atoms with Crippen LogP contribution in [0, 0.1) is 0 Å². The summed E-state index contributed by atoms with van der Waals surface area (Å²) < 4.78 is 6.76. The highest BCUT2D eigenvalue weighted by Gasteiger charge is 2.05. The molecule has 0 amide bonds. The van der Waals surface area contributed by atoms with Gasteiger partial charge in [-0.25, -0.2) is 9.78 Å². The van der Waals surface area contributed by atoms with E-state index < -0.39 is 5.97 Å². The van der Waals surface area contributed by atoms with Gasteiger partial charge in [0.05, 0.1) is 19.5 Å². The summed E-state index contributed by atoms with van der Waals surface area (Å²) >= 11 is 0. The number of imidazole rings is 1. The Hall–Kier alpha value is -2.67. The first-order chi connectivity index (χ1) is 10.8. The van der Waals surface area contributed by atoms with E-state index in [9.17, 15) is 4.79 Å². The van der Waals surface area contributed by atoms with Gasteiger partial charge in [0.1, 0.15) is 18.9 Å². The van der Waals surface area contributed by atoms with Crippen LogP contribution in [0.2, 0.25) is 0 Å². The molecule has 0 saturated heterocycles. The monoisotopic (exact) mass is 303 g/mol. The Labute approximate surface area is 127 Å².